The van der Waals surface area contributed by atoms with Crippen molar-refractivity contribution < 1.29 is 9.59 Å². The van der Waals surface area contributed by atoms with Crippen LogP contribution in [0.5, 0.6) is 0 Å². The predicted molar refractivity (Wildman–Crippen MR) is 61.7 cm³/mol. The summed E-state index contributed by atoms with van der Waals surface area (Å²) in [5.74, 6) is -0.303. The van der Waals surface area contributed by atoms with Crippen LogP contribution in [0.15, 0.2) is 0 Å². The van der Waals surface area contributed by atoms with E-state index in [9.17, 15) is 9.59 Å². The van der Waals surface area contributed by atoms with E-state index in [0.717, 1.165) is 19.6 Å². The van der Waals surface area contributed by atoms with Gasteiger partial charge in [-0.05, 0) is 19.5 Å². The Hall–Kier alpha value is -0.940. The van der Waals surface area contributed by atoms with E-state index in [0.29, 0.717) is 19.4 Å². The van der Waals surface area contributed by atoms with Gasteiger partial charge in [-0.25, -0.2) is 0 Å². The third-order valence-electron chi connectivity index (χ3n) is 3.09. The van der Waals surface area contributed by atoms with Gasteiger partial charge in [-0.1, -0.05) is 13.8 Å². The maximum Gasteiger partial charge on any atom is 0.246 e. The Balaban J connectivity index is 2.50. The predicted octanol–water partition coefficient (Wildman–Crippen LogP) is -0.195. The number of imide groups is 1. The Morgan fingerprint density at radius 3 is 2.56 bits per heavy atom. The summed E-state index contributed by atoms with van der Waals surface area (Å²) in [6, 6.07) is -0.491. The average Bonchev–Trinajstić information content (AvgIpc) is 2.29. The van der Waals surface area contributed by atoms with Crippen LogP contribution in [-0.2, 0) is 9.59 Å². The summed E-state index contributed by atoms with van der Waals surface area (Å²) in [4.78, 5) is 26.8. The van der Waals surface area contributed by atoms with Gasteiger partial charge in [0.2, 0.25) is 11.8 Å². The number of carbonyl (C=O) groups is 2. The first-order valence-electron chi connectivity index (χ1n) is 5.92. The van der Waals surface area contributed by atoms with Crippen LogP contribution < -0.4 is 5.73 Å². The summed E-state index contributed by atoms with van der Waals surface area (Å²) < 4.78 is 0. The SMILES string of the molecule is CCN(CC)CCN1C(=O)CCC(N)C1=O. The first-order chi connectivity index (χ1) is 7.60. The summed E-state index contributed by atoms with van der Waals surface area (Å²) in [6.07, 6.45) is 0.880. The zero-order valence-corrected chi connectivity index (χ0v) is 10.1. The van der Waals surface area contributed by atoms with E-state index >= 15 is 0 Å². The minimum atomic E-state index is -0.491. The number of likely N-dealkylation sites (tertiary alicyclic amines) is 1. The number of carbonyl (C=O) groups excluding carboxylic acids is 2. The lowest BCUT2D eigenvalue weighted by Crippen LogP contribution is -2.53. The van der Waals surface area contributed by atoms with Crippen molar-refractivity contribution in [1.82, 2.24) is 9.80 Å². The molecule has 2 N–H and O–H groups in total. The standard InChI is InChI=1S/C11H21N3O2/c1-3-13(4-2)7-8-14-10(15)6-5-9(12)11(14)16/h9H,3-8,12H2,1-2H3. The lowest BCUT2D eigenvalue weighted by Gasteiger charge is -2.30. The molecule has 5 heteroatoms. The van der Waals surface area contributed by atoms with Crippen LogP contribution in [0.1, 0.15) is 26.7 Å². The maximum atomic E-state index is 11.7. The van der Waals surface area contributed by atoms with E-state index in [1.165, 1.54) is 4.90 Å². The zero-order valence-electron chi connectivity index (χ0n) is 10.1. The van der Waals surface area contributed by atoms with E-state index < -0.39 is 6.04 Å². The topological polar surface area (TPSA) is 66.6 Å². The van der Waals surface area contributed by atoms with Crippen LogP contribution in [0.3, 0.4) is 0 Å². The molecular weight excluding hydrogens is 206 g/mol. The summed E-state index contributed by atoms with van der Waals surface area (Å²) in [7, 11) is 0. The third-order valence-corrected chi connectivity index (χ3v) is 3.09. The zero-order chi connectivity index (χ0) is 12.1. The van der Waals surface area contributed by atoms with Gasteiger partial charge in [0.25, 0.3) is 0 Å². The normalized spacial score (nSPS) is 22.0. The van der Waals surface area contributed by atoms with Gasteiger partial charge in [-0.3, -0.25) is 14.5 Å². The molecule has 0 aromatic carbocycles. The van der Waals surface area contributed by atoms with Crippen LogP contribution in [0, 0.1) is 0 Å². The van der Waals surface area contributed by atoms with Crippen molar-refractivity contribution in [2.24, 2.45) is 5.73 Å². The van der Waals surface area contributed by atoms with Gasteiger partial charge in [0.15, 0.2) is 0 Å². The Labute approximate surface area is 96.6 Å². The summed E-state index contributed by atoms with van der Waals surface area (Å²) >= 11 is 0. The monoisotopic (exact) mass is 227 g/mol. The second kappa shape index (κ2) is 5.96. The highest BCUT2D eigenvalue weighted by atomic mass is 16.2. The molecule has 0 saturated carbocycles. The highest BCUT2D eigenvalue weighted by Gasteiger charge is 2.31. The molecule has 1 fully saturated rings. The van der Waals surface area contributed by atoms with Crippen LogP contribution >= 0.6 is 0 Å². The molecular formula is C11H21N3O2. The molecule has 0 aromatic rings. The van der Waals surface area contributed by atoms with E-state index in [1.807, 2.05) is 0 Å². The van der Waals surface area contributed by atoms with Crippen LogP contribution in [0.25, 0.3) is 0 Å². The molecule has 1 rings (SSSR count). The number of likely N-dealkylation sites (N-methyl/N-ethyl adjacent to an activating group) is 1. The van der Waals surface area contributed by atoms with Crippen LogP contribution in [0.4, 0.5) is 0 Å². The van der Waals surface area contributed by atoms with Gasteiger partial charge in [0, 0.05) is 19.5 Å². The lowest BCUT2D eigenvalue weighted by atomic mass is 10.1. The van der Waals surface area contributed by atoms with Crippen molar-refractivity contribution in [3.8, 4) is 0 Å². The quantitative estimate of drug-likeness (QED) is 0.661. The molecule has 0 radical (unpaired) electrons. The molecule has 92 valence electrons. The molecule has 1 aliphatic heterocycles. The van der Waals surface area contributed by atoms with Gasteiger partial charge < -0.3 is 10.6 Å². The van der Waals surface area contributed by atoms with Crippen molar-refractivity contribution in [3.63, 3.8) is 0 Å². The summed E-state index contributed by atoms with van der Waals surface area (Å²) in [5.41, 5.74) is 5.65. The molecule has 0 spiro atoms. The van der Waals surface area contributed by atoms with E-state index in [2.05, 4.69) is 18.7 Å². The number of hydrogen-bond acceptors (Lipinski definition) is 4. The number of hydrogen-bond donors (Lipinski definition) is 1. The Kier molecular flexibility index (Phi) is 4.89. The second-order valence-corrected chi connectivity index (χ2v) is 4.06. The van der Waals surface area contributed by atoms with Gasteiger partial charge in [0.05, 0.1) is 6.04 Å². The molecule has 1 aliphatic rings. The van der Waals surface area contributed by atoms with Crippen LogP contribution in [-0.4, -0.2) is 53.8 Å². The lowest BCUT2D eigenvalue weighted by molar-refractivity contribution is -0.149. The van der Waals surface area contributed by atoms with Crippen molar-refractivity contribution >= 4 is 11.8 Å². The molecule has 5 nitrogen and oxygen atoms in total. The maximum absolute atomic E-state index is 11.7. The van der Waals surface area contributed by atoms with Crippen molar-refractivity contribution in [1.29, 1.82) is 0 Å². The molecule has 1 saturated heterocycles. The van der Waals surface area contributed by atoms with Crippen molar-refractivity contribution in [2.75, 3.05) is 26.2 Å². The summed E-state index contributed by atoms with van der Waals surface area (Å²) in [5, 5.41) is 0. The summed E-state index contributed by atoms with van der Waals surface area (Å²) in [6.45, 7) is 7.19. The van der Waals surface area contributed by atoms with Gasteiger partial charge in [0.1, 0.15) is 0 Å². The molecule has 1 heterocycles. The molecule has 1 atom stereocenters. The Morgan fingerprint density at radius 1 is 1.38 bits per heavy atom. The number of rotatable bonds is 5. The second-order valence-electron chi connectivity index (χ2n) is 4.06. The molecule has 2 amide bonds. The molecule has 0 aliphatic carbocycles. The fourth-order valence-electron chi connectivity index (χ4n) is 1.88. The smallest absolute Gasteiger partial charge is 0.246 e. The fraction of sp³-hybridized carbons (Fsp3) is 0.818. The Bertz CT molecular complexity index is 264. The molecule has 0 bridgehead atoms. The third kappa shape index (κ3) is 3.02. The van der Waals surface area contributed by atoms with Gasteiger partial charge in [-0.15, -0.1) is 0 Å². The first kappa shape index (κ1) is 13.1. The van der Waals surface area contributed by atoms with Gasteiger partial charge in [-0.2, -0.15) is 0 Å². The first-order valence-corrected chi connectivity index (χ1v) is 5.92. The van der Waals surface area contributed by atoms with E-state index in [-0.39, 0.29) is 11.8 Å². The van der Waals surface area contributed by atoms with E-state index in [4.69, 9.17) is 5.73 Å². The number of nitrogens with two attached hydrogens (primary N) is 1. The highest BCUT2D eigenvalue weighted by Crippen LogP contribution is 2.11. The molecule has 0 aromatic heterocycles. The molecule has 16 heavy (non-hydrogen) atoms. The largest absolute Gasteiger partial charge is 0.320 e. The Morgan fingerprint density at radius 2 is 2.00 bits per heavy atom. The molecule has 1 unspecified atom stereocenters. The number of nitrogens with zero attached hydrogens (tertiary/aromatic N) is 2. The fourth-order valence-corrected chi connectivity index (χ4v) is 1.88. The highest BCUT2D eigenvalue weighted by molar-refractivity contribution is 6.00. The number of piperidine rings is 1. The van der Waals surface area contributed by atoms with Gasteiger partial charge >= 0.3 is 0 Å². The van der Waals surface area contributed by atoms with E-state index in [1.54, 1.807) is 0 Å². The van der Waals surface area contributed by atoms with Crippen molar-refractivity contribution in [3.05, 3.63) is 0 Å². The number of amides is 2. The van der Waals surface area contributed by atoms with Crippen LogP contribution in [0.2, 0.25) is 0 Å². The minimum Gasteiger partial charge on any atom is -0.320 e. The average molecular weight is 227 g/mol. The van der Waals surface area contributed by atoms with Crippen molar-refractivity contribution in [2.45, 2.75) is 32.7 Å². The minimum absolute atomic E-state index is 0.0844.